The molecule has 0 aliphatic heterocycles. The van der Waals surface area contributed by atoms with Crippen LogP contribution in [0.4, 0.5) is 9.59 Å². The van der Waals surface area contributed by atoms with Gasteiger partial charge in [0.05, 0.1) is 20.3 Å². The molecule has 0 saturated carbocycles. The smallest absolute Gasteiger partial charge is 0.407 e. The minimum atomic E-state index is -0.627. The van der Waals surface area contributed by atoms with E-state index in [-0.39, 0.29) is 5.78 Å². The highest BCUT2D eigenvalue weighted by molar-refractivity contribution is 5.87. The van der Waals surface area contributed by atoms with Crippen LogP contribution < -0.4 is 10.6 Å². The summed E-state index contributed by atoms with van der Waals surface area (Å²) in [6.45, 7) is 0.954. The van der Waals surface area contributed by atoms with E-state index in [0.29, 0.717) is 45.3 Å². The van der Waals surface area contributed by atoms with Gasteiger partial charge in [-0.3, -0.25) is 4.79 Å². The Labute approximate surface area is 130 Å². The molecular formula is C14H26N2O6. The largest absolute Gasteiger partial charge is 0.453 e. The molecule has 128 valence electrons. The van der Waals surface area contributed by atoms with E-state index in [1.54, 1.807) is 7.11 Å². The van der Waals surface area contributed by atoms with Gasteiger partial charge >= 0.3 is 12.2 Å². The summed E-state index contributed by atoms with van der Waals surface area (Å²) in [5.41, 5.74) is 0. The van der Waals surface area contributed by atoms with Gasteiger partial charge in [-0.2, -0.15) is 0 Å². The maximum Gasteiger partial charge on any atom is 0.407 e. The number of unbranched alkanes of at least 4 members (excludes halogenated alkanes) is 1. The first-order valence-corrected chi connectivity index (χ1v) is 7.23. The average Bonchev–Trinajstić information content (AvgIpc) is 2.52. The van der Waals surface area contributed by atoms with Crippen LogP contribution in [0.1, 0.15) is 32.1 Å². The van der Waals surface area contributed by atoms with Gasteiger partial charge in [0.15, 0.2) is 5.78 Å². The Morgan fingerprint density at radius 3 is 2.23 bits per heavy atom. The Kier molecular flexibility index (Phi) is 11.8. The number of Topliss-reactive ketones (excluding diaryl/α,β-unsaturated/α-hetero) is 1. The van der Waals surface area contributed by atoms with E-state index in [4.69, 9.17) is 4.74 Å². The minimum absolute atomic E-state index is 0.0524. The van der Waals surface area contributed by atoms with Crippen molar-refractivity contribution in [1.82, 2.24) is 10.6 Å². The molecule has 0 aliphatic carbocycles. The molecule has 0 aromatic carbocycles. The van der Waals surface area contributed by atoms with Crippen LogP contribution in [0.3, 0.4) is 0 Å². The lowest BCUT2D eigenvalue weighted by Crippen LogP contribution is -2.41. The fourth-order valence-corrected chi connectivity index (χ4v) is 1.82. The highest BCUT2D eigenvalue weighted by Gasteiger charge is 2.20. The van der Waals surface area contributed by atoms with Crippen LogP contribution in [0.2, 0.25) is 0 Å². The van der Waals surface area contributed by atoms with Crippen molar-refractivity contribution in [2.45, 2.75) is 38.1 Å². The second-order valence-electron chi connectivity index (χ2n) is 4.67. The van der Waals surface area contributed by atoms with Crippen molar-refractivity contribution >= 4 is 18.0 Å². The van der Waals surface area contributed by atoms with Crippen molar-refractivity contribution < 1.29 is 28.6 Å². The van der Waals surface area contributed by atoms with Crippen LogP contribution in [-0.4, -0.2) is 58.5 Å². The van der Waals surface area contributed by atoms with Gasteiger partial charge in [0.1, 0.15) is 0 Å². The molecule has 0 radical (unpaired) electrons. The molecule has 0 heterocycles. The summed E-state index contributed by atoms with van der Waals surface area (Å²) in [7, 11) is 4.12. The molecular weight excluding hydrogens is 292 g/mol. The number of hydrogen-bond acceptors (Lipinski definition) is 6. The van der Waals surface area contributed by atoms with Crippen molar-refractivity contribution in [1.29, 1.82) is 0 Å². The molecule has 1 atom stereocenters. The molecule has 0 saturated heterocycles. The number of hydrogen-bond donors (Lipinski definition) is 2. The molecule has 0 rings (SSSR count). The van der Waals surface area contributed by atoms with Crippen molar-refractivity contribution in [2.24, 2.45) is 0 Å². The van der Waals surface area contributed by atoms with E-state index in [0.717, 1.165) is 0 Å². The topological polar surface area (TPSA) is 103 Å². The number of alkyl carbamates (subject to hydrolysis) is 2. The molecule has 0 spiro atoms. The molecule has 0 bridgehead atoms. The number of carbonyl (C=O) groups excluding carboxylic acids is 3. The summed E-state index contributed by atoms with van der Waals surface area (Å²) >= 11 is 0. The van der Waals surface area contributed by atoms with Crippen molar-refractivity contribution in [3.63, 3.8) is 0 Å². The van der Waals surface area contributed by atoms with Crippen LogP contribution in [0, 0.1) is 0 Å². The number of amides is 2. The Balaban J connectivity index is 4.14. The van der Waals surface area contributed by atoms with Gasteiger partial charge in [-0.1, -0.05) is 0 Å². The lowest BCUT2D eigenvalue weighted by atomic mass is 10.0. The fraction of sp³-hybridized carbons (Fsp3) is 0.786. The second-order valence-corrected chi connectivity index (χ2v) is 4.67. The summed E-state index contributed by atoms with van der Waals surface area (Å²) in [5, 5.41) is 5.10. The Bertz CT molecular complexity index is 348. The summed E-state index contributed by atoms with van der Waals surface area (Å²) in [6.07, 6.45) is 1.68. The van der Waals surface area contributed by atoms with Gasteiger partial charge in [0.2, 0.25) is 0 Å². The average molecular weight is 318 g/mol. The third-order valence-electron chi connectivity index (χ3n) is 3.01. The standard InChI is InChI=1S/C14H26N2O6/c1-20-10-6-8-12(17)11(16-14(19)22-3)7-4-5-9-15-13(18)21-2/h11H,4-10H2,1-3H3,(H,15,18)(H,16,19)/t11-/m0/s1. The highest BCUT2D eigenvalue weighted by atomic mass is 16.5. The van der Waals surface area contributed by atoms with Gasteiger partial charge in [0, 0.05) is 26.7 Å². The van der Waals surface area contributed by atoms with Gasteiger partial charge < -0.3 is 24.8 Å². The summed E-state index contributed by atoms with van der Waals surface area (Å²) in [6, 6.07) is -0.581. The number of carbonyl (C=O) groups is 3. The molecule has 22 heavy (non-hydrogen) atoms. The fourth-order valence-electron chi connectivity index (χ4n) is 1.82. The first-order valence-electron chi connectivity index (χ1n) is 7.23. The summed E-state index contributed by atoms with van der Waals surface area (Å²) in [5.74, 6) is -0.0524. The van der Waals surface area contributed by atoms with Crippen molar-refractivity contribution in [3.05, 3.63) is 0 Å². The number of ether oxygens (including phenoxy) is 3. The zero-order chi connectivity index (χ0) is 16.8. The molecule has 2 amide bonds. The SMILES string of the molecule is COCCCC(=O)[C@H](CCCCNC(=O)OC)NC(=O)OC. The normalized spacial score (nSPS) is 11.4. The van der Waals surface area contributed by atoms with E-state index in [2.05, 4.69) is 20.1 Å². The number of methoxy groups -OCH3 is 3. The summed E-state index contributed by atoms with van der Waals surface area (Å²) in [4.78, 5) is 34.2. The molecule has 2 N–H and O–H groups in total. The number of nitrogens with one attached hydrogen (secondary N) is 2. The van der Waals surface area contributed by atoms with Crippen LogP contribution in [0.5, 0.6) is 0 Å². The molecule has 0 aromatic heterocycles. The van der Waals surface area contributed by atoms with Crippen LogP contribution >= 0.6 is 0 Å². The van der Waals surface area contributed by atoms with E-state index >= 15 is 0 Å². The molecule has 0 aromatic rings. The molecule has 0 unspecified atom stereocenters. The molecule has 0 fully saturated rings. The first kappa shape index (κ1) is 20.2. The summed E-state index contributed by atoms with van der Waals surface area (Å²) < 4.78 is 13.9. The zero-order valence-electron chi connectivity index (χ0n) is 13.5. The minimum Gasteiger partial charge on any atom is -0.453 e. The maximum atomic E-state index is 12.1. The predicted octanol–water partition coefficient (Wildman–Crippen LogP) is 1.23. The van der Waals surface area contributed by atoms with E-state index in [1.807, 2.05) is 0 Å². The highest BCUT2D eigenvalue weighted by Crippen LogP contribution is 2.06. The molecule has 8 nitrogen and oxygen atoms in total. The Morgan fingerprint density at radius 1 is 0.955 bits per heavy atom. The third kappa shape index (κ3) is 9.98. The van der Waals surface area contributed by atoms with Crippen LogP contribution in [0.25, 0.3) is 0 Å². The molecule has 8 heteroatoms. The van der Waals surface area contributed by atoms with Gasteiger partial charge in [0.25, 0.3) is 0 Å². The van der Waals surface area contributed by atoms with E-state index < -0.39 is 18.2 Å². The lowest BCUT2D eigenvalue weighted by Gasteiger charge is -2.17. The van der Waals surface area contributed by atoms with E-state index in [9.17, 15) is 14.4 Å². The monoisotopic (exact) mass is 318 g/mol. The van der Waals surface area contributed by atoms with Crippen molar-refractivity contribution in [2.75, 3.05) is 34.5 Å². The third-order valence-corrected chi connectivity index (χ3v) is 3.01. The van der Waals surface area contributed by atoms with Gasteiger partial charge in [-0.05, 0) is 25.7 Å². The molecule has 0 aliphatic rings. The lowest BCUT2D eigenvalue weighted by molar-refractivity contribution is -0.121. The van der Waals surface area contributed by atoms with Crippen molar-refractivity contribution in [3.8, 4) is 0 Å². The maximum absolute atomic E-state index is 12.1. The van der Waals surface area contributed by atoms with Gasteiger partial charge in [-0.15, -0.1) is 0 Å². The van der Waals surface area contributed by atoms with Crippen LogP contribution in [-0.2, 0) is 19.0 Å². The van der Waals surface area contributed by atoms with E-state index in [1.165, 1.54) is 14.2 Å². The van der Waals surface area contributed by atoms with Crippen LogP contribution in [0.15, 0.2) is 0 Å². The number of rotatable bonds is 11. The predicted molar refractivity (Wildman–Crippen MR) is 79.7 cm³/mol. The van der Waals surface area contributed by atoms with Gasteiger partial charge in [-0.25, -0.2) is 9.59 Å². The quantitative estimate of drug-likeness (QED) is 0.555. The number of ketones is 1. The zero-order valence-corrected chi connectivity index (χ0v) is 13.5. The Hall–Kier alpha value is -1.83. The first-order chi connectivity index (χ1) is 10.5. The Morgan fingerprint density at radius 2 is 1.64 bits per heavy atom. The second kappa shape index (κ2) is 12.9.